The number of nitrogens with zero attached hydrogens (tertiary/aromatic N) is 2. The van der Waals surface area contributed by atoms with Gasteiger partial charge in [-0.3, -0.25) is 15.1 Å². The lowest BCUT2D eigenvalue weighted by Crippen LogP contribution is -2.18. The molecule has 25 heavy (non-hydrogen) atoms. The average Bonchev–Trinajstić information content (AvgIpc) is 2.54. The zero-order valence-corrected chi connectivity index (χ0v) is 15.2. The van der Waals surface area contributed by atoms with Crippen LogP contribution in [0.1, 0.15) is 25.3 Å². The van der Waals surface area contributed by atoms with E-state index in [-0.39, 0.29) is 10.8 Å². The van der Waals surface area contributed by atoms with Gasteiger partial charge in [0.1, 0.15) is 4.90 Å². The van der Waals surface area contributed by atoms with Gasteiger partial charge >= 0.3 is 0 Å². The molecule has 0 saturated heterocycles. The summed E-state index contributed by atoms with van der Waals surface area (Å²) < 4.78 is 23.7. The molecule has 0 aliphatic heterocycles. The molecule has 7 nitrogen and oxygen atoms in total. The number of nitro groups is 1. The molecular weight excluding hydrogens is 342 g/mol. The maximum atomic E-state index is 11.8. The summed E-state index contributed by atoms with van der Waals surface area (Å²) in [5.41, 5.74) is 1.19. The summed E-state index contributed by atoms with van der Waals surface area (Å²) in [7, 11) is -3.70. The van der Waals surface area contributed by atoms with E-state index in [1.807, 2.05) is 18.3 Å². The van der Waals surface area contributed by atoms with Crippen molar-refractivity contribution in [2.45, 2.75) is 24.7 Å². The monoisotopic (exact) mass is 363 g/mol. The summed E-state index contributed by atoms with van der Waals surface area (Å²) in [5, 5.41) is 14.2. The smallest absolute Gasteiger partial charge is 0.288 e. The van der Waals surface area contributed by atoms with Crippen molar-refractivity contribution in [3.63, 3.8) is 0 Å². The minimum absolute atomic E-state index is 0.172. The first-order valence-corrected chi connectivity index (χ1v) is 9.71. The van der Waals surface area contributed by atoms with Crippen molar-refractivity contribution in [3.05, 3.63) is 58.4 Å². The van der Waals surface area contributed by atoms with Crippen LogP contribution in [0.25, 0.3) is 0 Å². The highest BCUT2D eigenvalue weighted by atomic mass is 32.2. The van der Waals surface area contributed by atoms with Crippen LogP contribution in [-0.2, 0) is 9.84 Å². The van der Waals surface area contributed by atoms with Crippen molar-refractivity contribution in [2.75, 3.05) is 18.1 Å². The number of rotatable bonds is 7. The molecular formula is C17H21N3O4S. The lowest BCUT2D eigenvalue weighted by molar-refractivity contribution is -0.387. The van der Waals surface area contributed by atoms with Crippen LogP contribution in [0.5, 0.6) is 0 Å². The van der Waals surface area contributed by atoms with Crippen LogP contribution in [0.2, 0.25) is 0 Å². The van der Waals surface area contributed by atoms with Crippen LogP contribution in [0, 0.1) is 16.0 Å². The second-order valence-corrected chi connectivity index (χ2v) is 8.21. The molecule has 0 aliphatic carbocycles. The molecule has 1 unspecified atom stereocenters. The van der Waals surface area contributed by atoms with Gasteiger partial charge in [-0.15, -0.1) is 0 Å². The fourth-order valence-electron chi connectivity index (χ4n) is 2.63. The molecule has 0 fully saturated rings. The van der Waals surface area contributed by atoms with E-state index < -0.39 is 20.4 Å². The highest BCUT2D eigenvalue weighted by Crippen LogP contribution is 2.29. The molecule has 1 N–H and O–H groups in total. The Morgan fingerprint density at radius 2 is 2.00 bits per heavy atom. The van der Waals surface area contributed by atoms with E-state index in [2.05, 4.69) is 24.1 Å². The summed E-state index contributed by atoms with van der Waals surface area (Å²) in [6.45, 7) is 4.75. The average molecular weight is 363 g/mol. The van der Waals surface area contributed by atoms with Gasteiger partial charge in [0.05, 0.1) is 4.92 Å². The van der Waals surface area contributed by atoms with E-state index in [1.54, 1.807) is 6.20 Å². The first kappa shape index (κ1) is 18.9. The van der Waals surface area contributed by atoms with Crippen molar-refractivity contribution in [2.24, 2.45) is 5.92 Å². The summed E-state index contributed by atoms with van der Waals surface area (Å²) in [5.74, 6) is 0.509. The minimum Gasteiger partial charge on any atom is -0.384 e. The zero-order valence-electron chi connectivity index (χ0n) is 14.3. The Balaban J connectivity index is 2.27. The Morgan fingerprint density at radius 1 is 1.28 bits per heavy atom. The molecule has 1 atom stereocenters. The number of pyridine rings is 1. The van der Waals surface area contributed by atoms with Crippen LogP contribution in [0.3, 0.4) is 0 Å². The van der Waals surface area contributed by atoms with Crippen LogP contribution < -0.4 is 5.32 Å². The van der Waals surface area contributed by atoms with Gasteiger partial charge in [0.25, 0.3) is 5.69 Å². The fraction of sp³-hybridized carbons (Fsp3) is 0.353. The molecule has 134 valence electrons. The molecule has 0 aliphatic rings. The van der Waals surface area contributed by atoms with E-state index >= 15 is 0 Å². The van der Waals surface area contributed by atoms with E-state index in [4.69, 9.17) is 0 Å². The standard InChI is InChI=1S/C17H21N3O4S/c1-12(2)15(13-5-4-8-18-10-13)11-19-14-6-7-16(20(21)22)17(9-14)25(3,23)24/h4-10,12,15,19H,11H2,1-3H3. The van der Waals surface area contributed by atoms with Crippen LogP contribution in [0.15, 0.2) is 47.6 Å². The van der Waals surface area contributed by atoms with Gasteiger partial charge in [-0.25, -0.2) is 8.42 Å². The predicted molar refractivity (Wildman–Crippen MR) is 96.5 cm³/mol. The number of sulfone groups is 1. The molecule has 2 rings (SSSR count). The normalized spacial score (nSPS) is 12.8. The molecule has 0 saturated carbocycles. The number of hydrogen-bond donors (Lipinski definition) is 1. The summed E-state index contributed by atoms with van der Waals surface area (Å²) >= 11 is 0. The highest BCUT2D eigenvalue weighted by molar-refractivity contribution is 7.90. The summed E-state index contributed by atoms with van der Waals surface area (Å²) in [4.78, 5) is 14.2. The topological polar surface area (TPSA) is 102 Å². The second kappa shape index (κ2) is 7.60. The first-order valence-electron chi connectivity index (χ1n) is 7.82. The Kier molecular flexibility index (Phi) is 5.73. The molecule has 1 aromatic heterocycles. The van der Waals surface area contributed by atoms with Gasteiger partial charge in [-0.1, -0.05) is 19.9 Å². The van der Waals surface area contributed by atoms with Crippen LogP contribution in [-0.4, -0.2) is 31.1 Å². The molecule has 0 amide bonds. The van der Waals surface area contributed by atoms with Gasteiger partial charge in [-0.05, 0) is 29.7 Å². The Morgan fingerprint density at radius 3 is 2.52 bits per heavy atom. The van der Waals surface area contributed by atoms with Gasteiger partial charge in [0.2, 0.25) is 0 Å². The third-order valence-corrected chi connectivity index (χ3v) is 5.13. The Hall–Kier alpha value is -2.48. The Labute approximate surface area is 147 Å². The third-order valence-electron chi connectivity index (χ3n) is 4.00. The fourth-order valence-corrected chi connectivity index (χ4v) is 3.50. The van der Waals surface area contributed by atoms with Crippen LogP contribution in [0.4, 0.5) is 11.4 Å². The highest BCUT2D eigenvalue weighted by Gasteiger charge is 2.23. The zero-order chi connectivity index (χ0) is 18.6. The molecule has 0 bridgehead atoms. The SMILES string of the molecule is CC(C)C(CNc1ccc([N+](=O)[O-])c(S(C)(=O)=O)c1)c1cccnc1. The number of aromatic nitrogens is 1. The first-order chi connectivity index (χ1) is 11.7. The number of hydrogen-bond acceptors (Lipinski definition) is 6. The van der Waals surface area contributed by atoms with Crippen molar-refractivity contribution in [1.82, 2.24) is 4.98 Å². The van der Waals surface area contributed by atoms with E-state index in [1.165, 1.54) is 18.2 Å². The number of benzene rings is 1. The number of nitrogens with one attached hydrogen (secondary N) is 1. The quantitative estimate of drug-likeness (QED) is 0.598. The van der Waals surface area contributed by atoms with Crippen molar-refractivity contribution >= 4 is 21.2 Å². The number of nitro benzene ring substituents is 1. The van der Waals surface area contributed by atoms with Gasteiger partial charge in [0, 0.05) is 42.9 Å². The van der Waals surface area contributed by atoms with Gasteiger partial charge in [0.15, 0.2) is 9.84 Å². The largest absolute Gasteiger partial charge is 0.384 e. The molecule has 0 radical (unpaired) electrons. The minimum atomic E-state index is -3.70. The molecule has 2 aromatic rings. The second-order valence-electron chi connectivity index (χ2n) is 6.23. The molecule has 1 aromatic carbocycles. The van der Waals surface area contributed by atoms with Crippen molar-refractivity contribution in [3.8, 4) is 0 Å². The Bertz CT molecular complexity index is 851. The maximum absolute atomic E-state index is 11.8. The molecule has 8 heteroatoms. The van der Waals surface area contributed by atoms with E-state index in [0.717, 1.165) is 11.8 Å². The number of anilines is 1. The van der Waals surface area contributed by atoms with Gasteiger partial charge < -0.3 is 5.32 Å². The van der Waals surface area contributed by atoms with E-state index in [0.29, 0.717) is 18.2 Å². The lowest BCUT2D eigenvalue weighted by atomic mass is 9.89. The maximum Gasteiger partial charge on any atom is 0.288 e. The molecule has 0 spiro atoms. The summed E-state index contributed by atoms with van der Waals surface area (Å²) in [6, 6.07) is 7.92. The lowest BCUT2D eigenvalue weighted by Gasteiger charge is -2.22. The van der Waals surface area contributed by atoms with Gasteiger partial charge in [-0.2, -0.15) is 0 Å². The van der Waals surface area contributed by atoms with Crippen molar-refractivity contribution in [1.29, 1.82) is 0 Å². The van der Waals surface area contributed by atoms with Crippen LogP contribution >= 0.6 is 0 Å². The van der Waals surface area contributed by atoms with E-state index in [9.17, 15) is 18.5 Å². The predicted octanol–water partition coefficient (Wildman–Crippen LogP) is 3.25. The summed E-state index contributed by atoms with van der Waals surface area (Å²) in [6.07, 6.45) is 4.48. The van der Waals surface area contributed by atoms with Crippen molar-refractivity contribution < 1.29 is 13.3 Å². The molecule has 1 heterocycles. The third kappa shape index (κ3) is 4.76.